The van der Waals surface area contributed by atoms with Gasteiger partial charge >= 0.3 is 0 Å². The van der Waals surface area contributed by atoms with E-state index in [0.717, 1.165) is 30.2 Å². The minimum Gasteiger partial charge on any atom is -0.356 e. The molecule has 0 radical (unpaired) electrons. The molecule has 180 valence electrons. The number of benzene rings is 1. The summed E-state index contributed by atoms with van der Waals surface area (Å²) in [6.45, 7) is 9.81. The largest absolute Gasteiger partial charge is 0.356 e. The number of nitrogens with zero attached hydrogens (tertiary/aromatic N) is 3. The monoisotopic (exact) mass is 471 g/mol. The van der Waals surface area contributed by atoms with Crippen molar-refractivity contribution in [1.29, 1.82) is 0 Å². The van der Waals surface area contributed by atoms with Gasteiger partial charge in [-0.2, -0.15) is 5.10 Å². The van der Waals surface area contributed by atoms with E-state index in [4.69, 9.17) is 0 Å². The number of carbonyl (C=O) groups is 2. The lowest BCUT2D eigenvalue weighted by molar-refractivity contribution is -0.157. The molecule has 2 fully saturated rings. The third-order valence-corrected chi connectivity index (χ3v) is 7.88. The van der Waals surface area contributed by atoms with Crippen LogP contribution in [0.1, 0.15) is 57.6 Å². The average molecular weight is 472 g/mol. The van der Waals surface area contributed by atoms with Crippen LogP contribution in [0.25, 0.3) is 0 Å². The Hall–Kier alpha value is -2.22. The second kappa shape index (κ2) is 10.4. The standard InChI is InChI=1S/C25H37N5O2S/c1-5-12-29-23(32)20-11-10-19(22(31)26-14-16(2)3)13-21(20)30-24(29)27-28-25(30)33-15-18-8-6-17(4)7-9-18/h6-9,16,19-21,24,27H,5,10-15H2,1-4H3,(H,26,31). The Morgan fingerprint density at radius 2 is 2.03 bits per heavy atom. The molecule has 1 aliphatic carbocycles. The summed E-state index contributed by atoms with van der Waals surface area (Å²) in [7, 11) is 0. The summed E-state index contributed by atoms with van der Waals surface area (Å²) in [6.07, 6.45) is 2.87. The van der Waals surface area contributed by atoms with Crippen LogP contribution in [0.2, 0.25) is 0 Å². The van der Waals surface area contributed by atoms with Gasteiger partial charge in [0.25, 0.3) is 0 Å². The Morgan fingerprint density at radius 1 is 1.27 bits per heavy atom. The molecule has 4 unspecified atom stereocenters. The third kappa shape index (κ3) is 5.15. The van der Waals surface area contributed by atoms with Crippen LogP contribution < -0.4 is 10.7 Å². The summed E-state index contributed by atoms with van der Waals surface area (Å²) < 4.78 is 0. The molecule has 0 aromatic heterocycles. The number of amides is 2. The normalized spacial score (nSPS) is 26.6. The average Bonchev–Trinajstić information content (AvgIpc) is 3.23. The molecular weight excluding hydrogens is 434 g/mol. The van der Waals surface area contributed by atoms with Gasteiger partial charge in [-0.3, -0.25) is 15.0 Å². The van der Waals surface area contributed by atoms with Crippen molar-refractivity contribution in [2.75, 3.05) is 13.1 Å². The fraction of sp³-hybridized carbons (Fsp3) is 0.640. The van der Waals surface area contributed by atoms with Crippen LogP contribution in [0.3, 0.4) is 0 Å². The molecule has 7 nitrogen and oxygen atoms in total. The van der Waals surface area contributed by atoms with E-state index >= 15 is 0 Å². The van der Waals surface area contributed by atoms with Crippen molar-refractivity contribution in [1.82, 2.24) is 20.5 Å². The minimum atomic E-state index is -0.253. The highest BCUT2D eigenvalue weighted by Crippen LogP contribution is 2.41. The van der Waals surface area contributed by atoms with Crippen molar-refractivity contribution in [3.8, 4) is 0 Å². The van der Waals surface area contributed by atoms with Crippen LogP contribution in [-0.2, 0) is 15.3 Å². The highest BCUT2D eigenvalue weighted by molar-refractivity contribution is 8.13. The third-order valence-electron chi connectivity index (χ3n) is 6.84. The number of hydrogen-bond donors (Lipinski definition) is 2. The van der Waals surface area contributed by atoms with Gasteiger partial charge in [-0.25, -0.2) is 0 Å². The van der Waals surface area contributed by atoms with Gasteiger partial charge in [-0.1, -0.05) is 62.4 Å². The highest BCUT2D eigenvalue weighted by atomic mass is 32.2. The number of rotatable bonds is 7. The maximum absolute atomic E-state index is 13.4. The summed E-state index contributed by atoms with van der Waals surface area (Å²) in [5, 5.41) is 8.69. The van der Waals surface area contributed by atoms with Crippen LogP contribution in [0, 0.1) is 24.7 Å². The molecule has 1 saturated heterocycles. The van der Waals surface area contributed by atoms with Crippen LogP contribution in [-0.4, -0.2) is 52.2 Å². The van der Waals surface area contributed by atoms with Crippen molar-refractivity contribution in [2.45, 2.75) is 71.5 Å². The SMILES string of the molecule is CCCN1C(=O)C2CCC(C(=O)NCC(C)C)CC2N2C(SCc3ccc(C)cc3)=NNC12. The molecule has 2 aliphatic heterocycles. The number of hydrogen-bond acceptors (Lipinski definition) is 6. The van der Waals surface area contributed by atoms with Crippen molar-refractivity contribution >= 4 is 28.7 Å². The molecule has 2 N–H and O–H groups in total. The zero-order chi connectivity index (χ0) is 23.5. The van der Waals surface area contributed by atoms with Crippen molar-refractivity contribution in [3.63, 3.8) is 0 Å². The summed E-state index contributed by atoms with van der Waals surface area (Å²) >= 11 is 1.70. The molecule has 0 bridgehead atoms. The Labute approximate surface area is 201 Å². The van der Waals surface area contributed by atoms with Gasteiger partial charge in [0.2, 0.25) is 11.8 Å². The second-order valence-electron chi connectivity index (χ2n) is 9.93. The second-order valence-corrected chi connectivity index (χ2v) is 10.9. The maximum atomic E-state index is 13.4. The number of fused-ring (bicyclic) bond motifs is 3. The number of carbonyl (C=O) groups excluding carboxylic acids is 2. The minimum absolute atomic E-state index is 0.00146. The quantitative estimate of drug-likeness (QED) is 0.637. The van der Waals surface area contributed by atoms with E-state index < -0.39 is 0 Å². The van der Waals surface area contributed by atoms with Gasteiger partial charge in [0.05, 0.1) is 5.92 Å². The lowest BCUT2D eigenvalue weighted by Crippen LogP contribution is -2.68. The topological polar surface area (TPSA) is 77.0 Å². The Balaban J connectivity index is 1.51. The molecule has 1 aromatic rings. The van der Waals surface area contributed by atoms with E-state index in [1.165, 1.54) is 11.1 Å². The first-order chi connectivity index (χ1) is 15.9. The fourth-order valence-corrected chi connectivity index (χ4v) is 6.05. The molecule has 2 heterocycles. The zero-order valence-electron chi connectivity index (χ0n) is 20.2. The van der Waals surface area contributed by atoms with Crippen molar-refractivity contribution in [3.05, 3.63) is 35.4 Å². The fourth-order valence-electron chi connectivity index (χ4n) is 5.06. The number of amidine groups is 1. The molecule has 3 aliphatic rings. The number of hydrazone groups is 1. The molecule has 8 heteroatoms. The first-order valence-corrected chi connectivity index (χ1v) is 13.3. The van der Waals surface area contributed by atoms with Crippen molar-refractivity contribution in [2.24, 2.45) is 22.9 Å². The summed E-state index contributed by atoms with van der Waals surface area (Å²) in [6, 6.07) is 8.58. The van der Waals surface area contributed by atoms with Crippen LogP contribution in [0.5, 0.6) is 0 Å². The van der Waals surface area contributed by atoms with E-state index in [9.17, 15) is 9.59 Å². The molecule has 1 aromatic carbocycles. The lowest BCUT2D eigenvalue weighted by atomic mass is 9.75. The number of nitrogens with one attached hydrogen (secondary N) is 2. The van der Waals surface area contributed by atoms with Gasteiger partial charge in [-0.05, 0) is 44.1 Å². The summed E-state index contributed by atoms with van der Waals surface area (Å²) in [5.74, 6) is 1.44. The Kier molecular flexibility index (Phi) is 7.51. The van der Waals surface area contributed by atoms with E-state index in [1.807, 2.05) is 4.90 Å². The molecule has 2 amide bonds. The Morgan fingerprint density at radius 3 is 2.73 bits per heavy atom. The zero-order valence-corrected chi connectivity index (χ0v) is 21.0. The predicted octanol–water partition coefficient (Wildman–Crippen LogP) is 3.50. The van der Waals surface area contributed by atoms with E-state index in [-0.39, 0.29) is 36.0 Å². The molecule has 33 heavy (non-hydrogen) atoms. The van der Waals surface area contributed by atoms with E-state index in [2.05, 4.69) is 72.7 Å². The maximum Gasteiger partial charge on any atom is 0.230 e. The molecule has 4 rings (SSSR count). The molecule has 0 spiro atoms. The van der Waals surface area contributed by atoms with Gasteiger partial charge in [0, 0.05) is 30.8 Å². The number of thioether (sulfide) groups is 1. The van der Waals surface area contributed by atoms with Crippen LogP contribution in [0.15, 0.2) is 29.4 Å². The van der Waals surface area contributed by atoms with Gasteiger partial charge in [0.15, 0.2) is 11.5 Å². The van der Waals surface area contributed by atoms with Gasteiger partial charge < -0.3 is 15.1 Å². The van der Waals surface area contributed by atoms with Crippen molar-refractivity contribution < 1.29 is 9.59 Å². The smallest absolute Gasteiger partial charge is 0.230 e. The van der Waals surface area contributed by atoms with Crippen LogP contribution >= 0.6 is 11.8 Å². The highest BCUT2D eigenvalue weighted by Gasteiger charge is 2.52. The summed E-state index contributed by atoms with van der Waals surface area (Å²) in [5.41, 5.74) is 5.74. The predicted molar refractivity (Wildman–Crippen MR) is 133 cm³/mol. The lowest BCUT2D eigenvalue weighted by Gasteiger charge is -2.51. The summed E-state index contributed by atoms with van der Waals surface area (Å²) in [4.78, 5) is 30.5. The van der Waals surface area contributed by atoms with E-state index in [0.29, 0.717) is 25.4 Å². The number of aryl methyl sites for hydroxylation is 1. The van der Waals surface area contributed by atoms with Gasteiger partial charge in [-0.15, -0.1) is 0 Å². The first kappa shape index (κ1) is 23.9. The first-order valence-electron chi connectivity index (χ1n) is 12.3. The van der Waals surface area contributed by atoms with Gasteiger partial charge in [0.1, 0.15) is 0 Å². The van der Waals surface area contributed by atoms with E-state index in [1.54, 1.807) is 11.8 Å². The molecule has 1 saturated carbocycles. The van der Waals surface area contributed by atoms with Crippen LogP contribution in [0.4, 0.5) is 0 Å². The molecule has 4 atom stereocenters. The Bertz CT molecular complexity index is 887. The molecular formula is C25H37N5O2S.